The molecule has 0 bridgehead atoms. The van der Waals surface area contributed by atoms with Crippen LogP contribution in [0.2, 0.25) is 0 Å². The molecular weight excluding hydrogens is 122 g/mol. The Morgan fingerprint density at radius 3 is 1.62 bits per heavy atom. The van der Waals surface area contributed by atoms with Crippen LogP contribution in [0.5, 0.6) is 0 Å². The lowest BCUT2D eigenvalue weighted by Gasteiger charge is -2.21. The molecule has 0 saturated heterocycles. The van der Waals surface area contributed by atoms with Crippen molar-refractivity contribution in [2.45, 2.75) is 25.3 Å². The number of hydrogen-bond acceptors (Lipinski definition) is 1. The minimum absolute atomic E-state index is 0.241. The maximum Gasteiger partial charge on any atom is 0.0460 e. The van der Waals surface area contributed by atoms with Gasteiger partial charge in [0, 0.05) is 11.4 Å². The van der Waals surface area contributed by atoms with Gasteiger partial charge < -0.3 is 4.90 Å². The first kappa shape index (κ1) is 8.25. The van der Waals surface area contributed by atoms with Crippen LogP contribution >= 0.6 is 11.6 Å². The summed E-state index contributed by atoms with van der Waals surface area (Å²) in [6.07, 6.45) is 0. The first-order chi connectivity index (χ1) is 3.55. The van der Waals surface area contributed by atoms with Crippen molar-refractivity contribution in [1.29, 1.82) is 0 Å². The van der Waals surface area contributed by atoms with Gasteiger partial charge >= 0.3 is 0 Å². The number of hydrogen-bond donors (Lipinski definition) is 0. The zero-order chi connectivity index (χ0) is 6.73. The van der Waals surface area contributed by atoms with Gasteiger partial charge in [0.05, 0.1) is 0 Å². The minimum atomic E-state index is 0.241. The molecule has 0 aromatic rings. The lowest BCUT2D eigenvalue weighted by molar-refractivity contribution is 0.310. The van der Waals surface area contributed by atoms with Crippen LogP contribution in [0.1, 0.15) is 13.8 Å². The summed E-state index contributed by atoms with van der Waals surface area (Å²) < 4.78 is 0. The van der Waals surface area contributed by atoms with Gasteiger partial charge in [-0.05, 0) is 27.9 Å². The highest BCUT2D eigenvalue weighted by Crippen LogP contribution is 2.04. The Labute approximate surface area is 56.6 Å². The van der Waals surface area contributed by atoms with Crippen LogP contribution in [0.3, 0.4) is 0 Å². The summed E-state index contributed by atoms with van der Waals surface area (Å²) in [6, 6.07) is 0.469. The molecule has 0 amide bonds. The maximum absolute atomic E-state index is 5.78. The van der Waals surface area contributed by atoms with E-state index in [-0.39, 0.29) is 5.38 Å². The van der Waals surface area contributed by atoms with Gasteiger partial charge in [0.2, 0.25) is 0 Å². The molecule has 0 aliphatic rings. The van der Waals surface area contributed by atoms with E-state index >= 15 is 0 Å². The summed E-state index contributed by atoms with van der Waals surface area (Å²) in [6.45, 7) is 4.11. The Balaban J connectivity index is 3.46. The van der Waals surface area contributed by atoms with Gasteiger partial charge in [-0.1, -0.05) is 0 Å². The van der Waals surface area contributed by atoms with Crippen LogP contribution in [0, 0.1) is 0 Å². The standard InChI is InChI=1S/C6H14ClN/c1-5(7)6(2)8(3)4/h5-6H,1-4H3/t5-,6+/m1/s1. The van der Waals surface area contributed by atoms with E-state index in [2.05, 4.69) is 11.8 Å². The second-order valence-electron chi connectivity index (χ2n) is 2.38. The average molecular weight is 136 g/mol. The predicted molar refractivity (Wildman–Crippen MR) is 38.5 cm³/mol. The molecule has 50 valence electrons. The molecule has 0 unspecified atom stereocenters. The topological polar surface area (TPSA) is 3.24 Å². The lowest BCUT2D eigenvalue weighted by atomic mass is 10.2. The van der Waals surface area contributed by atoms with Gasteiger partial charge in [-0.25, -0.2) is 0 Å². The van der Waals surface area contributed by atoms with Crippen LogP contribution in [0.15, 0.2) is 0 Å². The van der Waals surface area contributed by atoms with Crippen LogP contribution in [-0.2, 0) is 0 Å². The van der Waals surface area contributed by atoms with Gasteiger partial charge in [0.1, 0.15) is 0 Å². The molecule has 0 aromatic heterocycles. The molecule has 0 aliphatic heterocycles. The third-order valence-corrected chi connectivity index (χ3v) is 1.84. The molecule has 0 spiro atoms. The Morgan fingerprint density at radius 1 is 1.25 bits per heavy atom. The van der Waals surface area contributed by atoms with Gasteiger partial charge in [-0.3, -0.25) is 0 Å². The predicted octanol–water partition coefficient (Wildman–Crippen LogP) is 1.56. The summed E-state index contributed by atoms with van der Waals surface area (Å²) in [5.41, 5.74) is 0. The minimum Gasteiger partial charge on any atom is -0.305 e. The zero-order valence-corrected chi connectivity index (χ0v) is 6.74. The SMILES string of the molecule is C[C@@H](Cl)[C@H](C)N(C)C. The molecule has 0 rings (SSSR count). The van der Waals surface area contributed by atoms with Crippen molar-refractivity contribution in [2.75, 3.05) is 14.1 Å². The van der Waals surface area contributed by atoms with Crippen molar-refractivity contribution < 1.29 is 0 Å². The number of alkyl halides is 1. The molecule has 0 fully saturated rings. The molecule has 2 heteroatoms. The third kappa shape index (κ3) is 2.53. The molecular formula is C6H14ClN. The lowest BCUT2D eigenvalue weighted by Crippen LogP contribution is -2.31. The Bertz CT molecular complexity index is 53.5. The van der Waals surface area contributed by atoms with E-state index in [4.69, 9.17) is 11.6 Å². The monoisotopic (exact) mass is 135 g/mol. The molecule has 2 atom stereocenters. The van der Waals surface area contributed by atoms with Crippen molar-refractivity contribution in [3.8, 4) is 0 Å². The van der Waals surface area contributed by atoms with Gasteiger partial charge in [-0.2, -0.15) is 0 Å². The van der Waals surface area contributed by atoms with Gasteiger partial charge in [-0.15, -0.1) is 11.6 Å². The summed E-state index contributed by atoms with van der Waals surface area (Å²) in [4.78, 5) is 2.11. The summed E-state index contributed by atoms with van der Waals surface area (Å²) >= 11 is 5.78. The van der Waals surface area contributed by atoms with E-state index in [1.54, 1.807) is 0 Å². The van der Waals surface area contributed by atoms with E-state index in [0.717, 1.165) is 0 Å². The molecule has 0 heterocycles. The highest BCUT2D eigenvalue weighted by atomic mass is 35.5. The molecule has 0 aliphatic carbocycles. The van der Waals surface area contributed by atoms with Crippen LogP contribution < -0.4 is 0 Å². The summed E-state index contributed by atoms with van der Waals surface area (Å²) in [5.74, 6) is 0. The molecule has 0 radical (unpaired) electrons. The fraction of sp³-hybridized carbons (Fsp3) is 1.00. The maximum atomic E-state index is 5.78. The van der Waals surface area contributed by atoms with E-state index in [0.29, 0.717) is 6.04 Å². The highest BCUT2D eigenvalue weighted by molar-refractivity contribution is 6.20. The first-order valence-electron chi connectivity index (χ1n) is 2.86. The van der Waals surface area contributed by atoms with Gasteiger partial charge in [0.25, 0.3) is 0 Å². The summed E-state index contributed by atoms with van der Waals surface area (Å²) in [5, 5.41) is 0.241. The average Bonchev–Trinajstić information content (AvgIpc) is 1.64. The largest absolute Gasteiger partial charge is 0.305 e. The fourth-order valence-electron chi connectivity index (χ4n) is 0.411. The molecule has 0 N–H and O–H groups in total. The molecule has 0 aromatic carbocycles. The van der Waals surface area contributed by atoms with E-state index in [1.807, 2.05) is 21.0 Å². The smallest absolute Gasteiger partial charge is 0.0460 e. The first-order valence-corrected chi connectivity index (χ1v) is 3.30. The highest BCUT2D eigenvalue weighted by Gasteiger charge is 2.09. The number of halogens is 1. The zero-order valence-electron chi connectivity index (χ0n) is 5.98. The van der Waals surface area contributed by atoms with Crippen molar-refractivity contribution in [3.05, 3.63) is 0 Å². The van der Waals surface area contributed by atoms with E-state index in [9.17, 15) is 0 Å². The third-order valence-electron chi connectivity index (χ3n) is 1.48. The summed E-state index contributed by atoms with van der Waals surface area (Å²) in [7, 11) is 4.06. The molecule has 1 nitrogen and oxygen atoms in total. The van der Waals surface area contributed by atoms with E-state index < -0.39 is 0 Å². The number of nitrogens with zero attached hydrogens (tertiary/aromatic N) is 1. The van der Waals surface area contributed by atoms with Crippen molar-refractivity contribution in [1.82, 2.24) is 4.90 Å². The number of rotatable bonds is 2. The molecule has 8 heavy (non-hydrogen) atoms. The second-order valence-corrected chi connectivity index (χ2v) is 3.07. The van der Waals surface area contributed by atoms with Crippen molar-refractivity contribution in [2.24, 2.45) is 0 Å². The molecule has 0 saturated carbocycles. The second kappa shape index (κ2) is 3.31. The Kier molecular flexibility index (Phi) is 3.41. The van der Waals surface area contributed by atoms with Crippen LogP contribution in [0.4, 0.5) is 0 Å². The van der Waals surface area contributed by atoms with Gasteiger partial charge in [0.15, 0.2) is 0 Å². The van der Waals surface area contributed by atoms with E-state index in [1.165, 1.54) is 0 Å². The van der Waals surface area contributed by atoms with Crippen LogP contribution in [0.25, 0.3) is 0 Å². The van der Waals surface area contributed by atoms with Crippen molar-refractivity contribution in [3.63, 3.8) is 0 Å². The van der Waals surface area contributed by atoms with Crippen LogP contribution in [-0.4, -0.2) is 30.4 Å². The normalized spacial score (nSPS) is 18.8. The Morgan fingerprint density at radius 2 is 1.62 bits per heavy atom. The Hall–Kier alpha value is 0.250. The fourth-order valence-corrected chi connectivity index (χ4v) is 0.636. The quantitative estimate of drug-likeness (QED) is 0.520. The van der Waals surface area contributed by atoms with Crippen molar-refractivity contribution >= 4 is 11.6 Å².